The summed E-state index contributed by atoms with van der Waals surface area (Å²) in [7, 11) is 0. The molecule has 1 aromatic carbocycles. The van der Waals surface area contributed by atoms with Crippen molar-refractivity contribution in [3.8, 4) is 0 Å². The molecule has 1 aromatic heterocycles. The summed E-state index contributed by atoms with van der Waals surface area (Å²) in [6.45, 7) is 5.05. The zero-order valence-electron chi connectivity index (χ0n) is 10.5. The Balaban J connectivity index is 2.28. The number of rotatable bonds is 1. The minimum atomic E-state index is -0.125. The summed E-state index contributed by atoms with van der Waals surface area (Å²) in [5.74, 6) is 0.558. The summed E-state index contributed by atoms with van der Waals surface area (Å²) >= 11 is 3.50. The van der Waals surface area contributed by atoms with Crippen LogP contribution in [-0.4, -0.2) is 22.3 Å². The molecule has 1 aliphatic heterocycles. The summed E-state index contributed by atoms with van der Waals surface area (Å²) in [5, 5.41) is 0. The van der Waals surface area contributed by atoms with Gasteiger partial charge in [-0.2, -0.15) is 0 Å². The van der Waals surface area contributed by atoms with E-state index < -0.39 is 0 Å². The number of benzene rings is 1. The van der Waals surface area contributed by atoms with Crippen LogP contribution in [0, 0.1) is 0 Å². The molecule has 0 spiro atoms. The number of imidazole rings is 1. The molecule has 18 heavy (non-hydrogen) atoms. The third-order valence-corrected chi connectivity index (χ3v) is 4.50. The van der Waals surface area contributed by atoms with E-state index in [1.165, 1.54) is 0 Å². The van der Waals surface area contributed by atoms with Gasteiger partial charge in [0.05, 0.1) is 22.7 Å². The number of nitrogens with two attached hydrogens (primary N) is 1. The van der Waals surface area contributed by atoms with Crippen molar-refractivity contribution >= 4 is 32.9 Å². The van der Waals surface area contributed by atoms with E-state index in [4.69, 9.17) is 10.5 Å². The molecule has 2 heterocycles. The zero-order chi connectivity index (χ0) is 12.9. The van der Waals surface area contributed by atoms with Gasteiger partial charge in [0.1, 0.15) is 0 Å². The van der Waals surface area contributed by atoms with Gasteiger partial charge in [-0.25, -0.2) is 4.98 Å². The maximum atomic E-state index is 6.11. The number of anilines is 1. The first kappa shape index (κ1) is 12.0. The van der Waals surface area contributed by atoms with Crippen LogP contribution in [0.1, 0.15) is 20.3 Å². The van der Waals surface area contributed by atoms with Crippen molar-refractivity contribution in [2.45, 2.75) is 31.9 Å². The lowest BCUT2D eigenvalue weighted by Crippen LogP contribution is -2.37. The summed E-state index contributed by atoms with van der Waals surface area (Å²) in [4.78, 5) is 4.44. The average Bonchev–Trinajstić information content (AvgIpc) is 2.80. The van der Waals surface area contributed by atoms with Crippen molar-refractivity contribution in [2.75, 3.05) is 12.3 Å². The van der Waals surface area contributed by atoms with Crippen LogP contribution in [0.5, 0.6) is 0 Å². The minimum Gasteiger partial charge on any atom is -0.376 e. The summed E-state index contributed by atoms with van der Waals surface area (Å²) < 4.78 is 8.86. The first-order chi connectivity index (χ1) is 8.52. The first-order valence-electron chi connectivity index (χ1n) is 6.08. The van der Waals surface area contributed by atoms with Gasteiger partial charge < -0.3 is 15.0 Å². The molecule has 1 saturated heterocycles. The van der Waals surface area contributed by atoms with Gasteiger partial charge in [0.25, 0.3) is 0 Å². The third kappa shape index (κ3) is 1.57. The molecule has 1 aliphatic rings. The SMILES string of the molecule is CC1OCCC1(C)n1c(N)nc2ccc(Br)cc21. The molecule has 0 aliphatic carbocycles. The number of hydrogen-bond acceptors (Lipinski definition) is 3. The Morgan fingerprint density at radius 1 is 1.56 bits per heavy atom. The van der Waals surface area contributed by atoms with Crippen LogP contribution < -0.4 is 5.73 Å². The normalized spacial score (nSPS) is 28.1. The highest BCUT2D eigenvalue weighted by molar-refractivity contribution is 9.10. The van der Waals surface area contributed by atoms with Crippen LogP contribution in [0.3, 0.4) is 0 Å². The first-order valence-corrected chi connectivity index (χ1v) is 6.87. The highest BCUT2D eigenvalue weighted by Crippen LogP contribution is 2.38. The monoisotopic (exact) mass is 309 g/mol. The Bertz CT molecular complexity index is 610. The van der Waals surface area contributed by atoms with Crippen LogP contribution >= 0.6 is 15.9 Å². The van der Waals surface area contributed by atoms with Crippen LogP contribution in [0.25, 0.3) is 11.0 Å². The molecular weight excluding hydrogens is 294 g/mol. The minimum absolute atomic E-state index is 0.125. The van der Waals surface area contributed by atoms with Gasteiger partial charge in [0, 0.05) is 11.1 Å². The highest BCUT2D eigenvalue weighted by atomic mass is 79.9. The van der Waals surface area contributed by atoms with E-state index >= 15 is 0 Å². The highest BCUT2D eigenvalue weighted by Gasteiger charge is 2.40. The van der Waals surface area contributed by atoms with E-state index in [1.807, 2.05) is 12.1 Å². The molecule has 2 N–H and O–H groups in total. The van der Waals surface area contributed by atoms with E-state index in [9.17, 15) is 0 Å². The molecular formula is C13H16BrN3O. The Hall–Kier alpha value is -1.07. The molecule has 2 aromatic rings. The van der Waals surface area contributed by atoms with E-state index in [0.717, 1.165) is 28.5 Å². The molecule has 2 unspecified atom stereocenters. The van der Waals surface area contributed by atoms with Gasteiger partial charge in [0.15, 0.2) is 0 Å². The average molecular weight is 310 g/mol. The second-order valence-corrected chi connectivity index (χ2v) is 5.97. The second-order valence-electron chi connectivity index (χ2n) is 5.06. The lowest BCUT2D eigenvalue weighted by molar-refractivity contribution is 0.0783. The van der Waals surface area contributed by atoms with Crippen molar-refractivity contribution in [3.63, 3.8) is 0 Å². The third-order valence-electron chi connectivity index (χ3n) is 4.01. The summed E-state index contributed by atoms with van der Waals surface area (Å²) in [6.07, 6.45) is 1.09. The topological polar surface area (TPSA) is 53.1 Å². The summed E-state index contributed by atoms with van der Waals surface area (Å²) in [6, 6.07) is 6.03. The molecule has 96 valence electrons. The van der Waals surface area contributed by atoms with Crippen LogP contribution in [-0.2, 0) is 10.3 Å². The van der Waals surface area contributed by atoms with Crippen LogP contribution in [0.2, 0.25) is 0 Å². The molecule has 0 radical (unpaired) electrons. The fraction of sp³-hybridized carbons (Fsp3) is 0.462. The van der Waals surface area contributed by atoms with Gasteiger partial charge in [-0.05, 0) is 38.5 Å². The number of nitrogen functional groups attached to an aromatic ring is 1. The zero-order valence-corrected chi connectivity index (χ0v) is 12.1. The Morgan fingerprint density at radius 3 is 3.00 bits per heavy atom. The molecule has 2 atom stereocenters. The molecule has 0 bridgehead atoms. The quantitative estimate of drug-likeness (QED) is 0.881. The number of ether oxygens (including phenoxy) is 1. The maximum absolute atomic E-state index is 6.11. The predicted molar refractivity (Wildman–Crippen MR) is 75.5 cm³/mol. The second kappa shape index (κ2) is 3.96. The Kier molecular flexibility index (Phi) is 2.64. The molecule has 0 amide bonds. The lowest BCUT2D eigenvalue weighted by atomic mass is 9.94. The van der Waals surface area contributed by atoms with E-state index in [-0.39, 0.29) is 11.6 Å². The van der Waals surface area contributed by atoms with Gasteiger partial charge >= 0.3 is 0 Å². The fourth-order valence-corrected chi connectivity index (χ4v) is 3.07. The number of hydrogen-bond donors (Lipinski definition) is 1. The Labute approximate surface area is 114 Å². The van der Waals surface area contributed by atoms with E-state index in [1.54, 1.807) is 0 Å². The standard InChI is InChI=1S/C13H16BrN3O/c1-8-13(2,5-6-18-8)17-11-7-9(14)3-4-10(11)16-12(17)15/h3-4,7-8H,5-6H2,1-2H3,(H2,15,16). The van der Waals surface area contributed by atoms with Crippen molar-refractivity contribution in [2.24, 2.45) is 0 Å². The van der Waals surface area contributed by atoms with Crippen molar-refractivity contribution in [3.05, 3.63) is 22.7 Å². The van der Waals surface area contributed by atoms with Crippen molar-refractivity contribution in [1.82, 2.24) is 9.55 Å². The molecule has 1 fully saturated rings. The number of halogens is 1. The summed E-state index contributed by atoms with van der Waals surface area (Å²) in [5.41, 5.74) is 7.97. The number of aromatic nitrogens is 2. The lowest BCUT2D eigenvalue weighted by Gasteiger charge is -2.31. The Morgan fingerprint density at radius 2 is 2.33 bits per heavy atom. The van der Waals surface area contributed by atoms with Crippen LogP contribution in [0.15, 0.2) is 22.7 Å². The van der Waals surface area contributed by atoms with E-state index in [0.29, 0.717) is 5.95 Å². The number of nitrogens with zero attached hydrogens (tertiary/aromatic N) is 2. The van der Waals surface area contributed by atoms with E-state index in [2.05, 4.69) is 45.4 Å². The molecule has 0 saturated carbocycles. The van der Waals surface area contributed by atoms with Crippen LogP contribution in [0.4, 0.5) is 5.95 Å². The predicted octanol–water partition coefficient (Wildman–Crippen LogP) is 2.91. The smallest absolute Gasteiger partial charge is 0.201 e. The van der Waals surface area contributed by atoms with Gasteiger partial charge in [-0.1, -0.05) is 15.9 Å². The van der Waals surface area contributed by atoms with Crippen molar-refractivity contribution < 1.29 is 4.74 Å². The maximum Gasteiger partial charge on any atom is 0.201 e. The molecule has 3 rings (SSSR count). The van der Waals surface area contributed by atoms with Gasteiger partial charge in [-0.3, -0.25) is 0 Å². The van der Waals surface area contributed by atoms with Gasteiger partial charge in [-0.15, -0.1) is 0 Å². The molecule has 5 heteroatoms. The molecule has 4 nitrogen and oxygen atoms in total. The van der Waals surface area contributed by atoms with Crippen molar-refractivity contribution in [1.29, 1.82) is 0 Å². The number of fused-ring (bicyclic) bond motifs is 1. The van der Waals surface area contributed by atoms with Gasteiger partial charge in [0.2, 0.25) is 5.95 Å². The fourth-order valence-electron chi connectivity index (χ4n) is 2.72. The largest absolute Gasteiger partial charge is 0.376 e.